The van der Waals surface area contributed by atoms with E-state index in [0.29, 0.717) is 34.8 Å². The summed E-state index contributed by atoms with van der Waals surface area (Å²) >= 11 is 6.04. The van der Waals surface area contributed by atoms with Gasteiger partial charge in [0.05, 0.1) is 0 Å². The standard InChI is InChI=1S/C20H21ClN4O2/c21-16-7-4-6-15(14-16)18-23-20(27-24-18)17-8-5-9-22-19(17)26-13-12-25-10-2-1-3-11-25/h4-9,14H,1-3,10-13H2. The van der Waals surface area contributed by atoms with Crippen LogP contribution in [0.3, 0.4) is 0 Å². The summed E-state index contributed by atoms with van der Waals surface area (Å²) in [7, 11) is 0. The molecule has 0 atom stereocenters. The van der Waals surface area contributed by atoms with Gasteiger partial charge in [0.1, 0.15) is 12.2 Å². The van der Waals surface area contributed by atoms with Crippen molar-refractivity contribution in [1.82, 2.24) is 20.0 Å². The van der Waals surface area contributed by atoms with Crippen LogP contribution in [0.5, 0.6) is 5.88 Å². The second-order valence-electron chi connectivity index (χ2n) is 6.54. The monoisotopic (exact) mass is 384 g/mol. The maximum absolute atomic E-state index is 6.04. The lowest BCUT2D eigenvalue weighted by Gasteiger charge is -2.26. The van der Waals surface area contributed by atoms with Crippen molar-refractivity contribution >= 4 is 11.6 Å². The zero-order chi connectivity index (χ0) is 18.5. The molecule has 0 saturated carbocycles. The number of hydrogen-bond donors (Lipinski definition) is 0. The molecule has 3 aromatic rings. The molecule has 27 heavy (non-hydrogen) atoms. The van der Waals surface area contributed by atoms with E-state index in [-0.39, 0.29) is 0 Å². The van der Waals surface area contributed by atoms with Gasteiger partial charge in [-0.1, -0.05) is 35.3 Å². The van der Waals surface area contributed by atoms with E-state index < -0.39 is 0 Å². The number of ether oxygens (including phenoxy) is 1. The van der Waals surface area contributed by atoms with Crippen LogP contribution < -0.4 is 4.74 Å². The largest absolute Gasteiger partial charge is 0.476 e. The Balaban J connectivity index is 1.47. The first kappa shape index (κ1) is 17.9. The van der Waals surface area contributed by atoms with E-state index in [0.717, 1.165) is 25.2 Å². The summed E-state index contributed by atoms with van der Waals surface area (Å²) in [6.07, 6.45) is 5.56. The van der Waals surface area contributed by atoms with Crippen LogP contribution in [-0.2, 0) is 0 Å². The van der Waals surface area contributed by atoms with E-state index in [2.05, 4.69) is 20.0 Å². The molecular formula is C20H21ClN4O2. The fourth-order valence-corrected chi connectivity index (χ4v) is 3.39. The van der Waals surface area contributed by atoms with Gasteiger partial charge in [0.25, 0.3) is 5.89 Å². The SMILES string of the molecule is Clc1cccc(-c2noc(-c3cccnc3OCCN3CCCCC3)n2)c1. The zero-order valence-electron chi connectivity index (χ0n) is 15.0. The lowest BCUT2D eigenvalue weighted by molar-refractivity contribution is 0.180. The molecule has 0 amide bonds. The topological polar surface area (TPSA) is 64.3 Å². The van der Waals surface area contributed by atoms with Crippen molar-refractivity contribution in [2.75, 3.05) is 26.2 Å². The summed E-state index contributed by atoms with van der Waals surface area (Å²) in [6.45, 7) is 3.77. The zero-order valence-corrected chi connectivity index (χ0v) is 15.7. The summed E-state index contributed by atoms with van der Waals surface area (Å²) < 4.78 is 11.4. The minimum atomic E-state index is 0.381. The fourth-order valence-electron chi connectivity index (χ4n) is 3.20. The first-order chi connectivity index (χ1) is 13.3. The second kappa shape index (κ2) is 8.50. The summed E-state index contributed by atoms with van der Waals surface area (Å²) in [5, 5.41) is 4.69. The van der Waals surface area contributed by atoms with Crippen LogP contribution >= 0.6 is 11.6 Å². The Bertz CT molecular complexity index is 893. The first-order valence-electron chi connectivity index (χ1n) is 9.20. The van der Waals surface area contributed by atoms with Crippen molar-refractivity contribution in [1.29, 1.82) is 0 Å². The highest BCUT2D eigenvalue weighted by molar-refractivity contribution is 6.30. The van der Waals surface area contributed by atoms with Gasteiger partial charge >= 0.3 is 0 Å². The lowest BCUT2D eigenvalue weighted by atomic mass is 10.1. The number of benzene rings is 1. The number of nitrogens with zero attached hydrogens (tertiary/aromatic N) is 4. The number of halogens is 1. The number of likely N-dealkylation sites (tertiary alicyclic amines) is 1. The number of aromatic nitrogens is 3. The van der Waals surface area contributed by atoms with Crippen LogP contribution in [0.4, 0.5) is 0 Å². The van der Waals surface area contributed by atoms with Crippen LogP contribution in [0.15, 0.2) is 47.1 Å². The third-order valence-electron chi connectivity index (χ3n) is 4.61. The molecule has 0 spiro atoms. The van der Waals surface area contributed by atoms with Gasteiger partial charge in [-0.05, 0) is 50.2 Å². The summed E-state index contributed by atoms with van der Waals surface area (Å²) in [5.74, 6) is 1.37. The molecule has 1 fully saturated rings. The lowest BCUT2D eigenvalue weighted by Crippen LogP contribution is -2.33. The van der Waals surface area contributed by atoms with Crippen molar-refractivity contribution in [2.24, 2.45) is 0 Å². The summed E-state index contributed by atoms with van der Waals surface area (Å²) in [5.41, 5.74) is 1.49. The highest BCUT2D eigenvalue weighted by atomic mass is 35.5. The summed E-state index contributed by atoms with van der Waals surface area (Å²) in [6, 6.07) is 11.1. The predicted molar refractivity (Wildman–Crippen MR) is 104 cm³/mol. The number of hydrogen-bond acceptors (Lipinski definition) is 6. The van der Waals surface area contributed by atoms with Crippen molar-refractivity contribution in [3.05, 3.63) is 47.6 Å². The van der Waals surface area contributed by atoms with Crippen molar-refractivity contribution in [3.63, 3.8) is 0 Å². The second-order valence-corrected chi connectivity index (χ2v) is 6.98. The normalized spacial score (nSPS) is 15.0. The third kappa shape index (κ3) is 4.46. The Kier molecular flexibility index (Phi) is 5.65. The predicted octanol–water partition coefficient (Wildman–Crippen LogP) is 4.32. The van der Waals surface area contributed by atoms with Crippen LogP contribution in [0.25, 0.3) is 22.8 Å². The highest BCUT2D eigenvalue weighted by Gasteiger charge is 2.17. The molecule has 140 valence electrons. The van der Waals surface area contributed by atoms with Gasteiger partial charge in [-0.25, -0.2) is 4.98 Å². The molecule has 6 nitrogen and oxygen atoms in total. The minimum Gasteiger partial charge on any atom is -0.476 e. The van der Waals surface area contributed by atoms with Gasteiger partial charge in [0.2, 0.25) is 11.7 Å². The molecule has 0 unspecified atom stereocenters. The number of rotatable bonds is 6. The van der Waals surface area contributed by atoms with Gasteiger partial charge in [-0.2, -0.15) is 4.98 Å². The molecule has 3 heterocycles. The van der Waals surface area contributed by atoms with Crippen molar-refractivity contribution in [3.8, 4) is 28.7 Å². The molecule has 1 saturated heterocycles. The third-order valence-corrected chi connectivity index (χ3v) is 4.84. The van der Waals surface area contributed by atoms with Gasteiger partial charge in [0.15, 0.2) is 0 Å². The number of pyridine rings is 1. The van der Waals surface area contributed by atoms with Crippen molar-refractivity contribution in [2.45, 2.75) is 19.3 Å². The van der Waals surface area contributed by atoms with Gasteiger partial charge in [-0.3, -0.25) is 4.90 Å². The molecule has 1 aliphatic rings. The summed E-state index contributed by atoms with van der Waals surface area (Å²) in [4.78, 5) is 11.3. The molecule has 0 radical (unpaired) electrons. The van der Waals surface area contributed by atoms with E-state index in [1.54, 1.807) is 18.3 Å². The molecule has 1 aromatic carbocycles. The molecule has 0 N–H and O–H groups in total. The maximum Gasteiger partial charge on any atom is 0.263 e. The van der Waals surface area contributed by atoms with Crippen LogP contribution in [-0.4, -0.2) is 46.3 Å². The molecule has 1 aliphatic heterocycles. The molecule has 4 rings (SSSR count). The van der Waals surface area contributed by atoms with E-state index in [1.165, 1.54) is 19.3 Å². The van der Waals surface area contributed by atoms with Gasteiger partial charge in [-0.15, -0.1) is 0 Å². The maximum atomic E-state index is 6.04. The Morgan fingerprint density at radius 3 is 2.85 bits per heavy atom. The Morgan fingerprint density at radius 2 is 2.00 bits per heavy atom. The van der Waals surface area contributed by atoms with Crippen LogP contribution in [0.1, 0.15) is 19.3 Å². The van der Waals surface area contributed by atoms with Crippen LogP contribution in [0.2, 0.25) is 5.02 Å². The highest BCUT2D eigenvalue weighted by Crippen LogP contribution is 2.29. The Labute approximate surface area is 163 Å². The average molecular weight is 385 g/mol. The molecular weight excluding hydrogens is 364 g/mol. The average Bonchev–Trinajstić information content (AvgIpc) is 3.19. The molecule has 7 heteroatoms. The van der Waals surface area contributed by atoms with Crippen LogP contribution in [0, 0.1) is 0 Å². The fraction of sp³-hybridized carbons (Fsp3) is 0.350. The van der Waals surface area contributed by atoms with E-state index in [1.807, 2.05) is 24.3 Å². The first-order valence-corrected chi connectivity index (χ1v) is 9.57. The Morgan fingerprint density at radius 1 is 1.11 bits per heavy atom. The smallest absolute Gasteiger partial charge is 0.263 e. The van der Waals surface area contributed by atoms with E-state index >= 15 is 0 Å². The van der Waals surface area contributed by atoms with Gasteiger partial charge in [0, 0.05) is 23.3 Å². The minimum absolute atomic E-state index is 0.381. The molecule has 2 aromatic heterocycles. The Hall–Kier alpha value is -2.44. The number of piperidine rings is 1. The quantitative estimate of drug-likeness (QED) is 0.630. The van der Waals surface area contributed by atoms with Gasteiger partial charge < -0.3 is 9.26 Å². The van der Waals surface area contributed by atoms with E-state index in [9.17, 15) is 0 Å². The van der Waals surface area contributed by atoms with Crippen molar-refractivity contribution < 1.29 is 9.26 Å². The molecule has 0 aliphatic carbocycles. The molecule has 0 bridgehead atoms. The van der Waals surface area contributed by atoms with E-state index in [4.69, 9.17) is 20.9 Å².